The zero-order valence-corrected chi connectivity index (χ0v) is 5.81. The molecule has 2 aromatic heterocycles. The van der Waals surface area contributed by atoms with Crippen molar-refractivity contribution in [3.8, 4) is 0 Å². The van der Waals surface area contributed by atoms with Gasteiger partial charge in [-0.25, -0.2) is 4.52 Å². The Hall–Kier alpha value is -1.49. The van der Waals surface area contributed by atoms with Crippen molar-refractivity contribution in [2.24, 2.45) is 5.73 Å². The number of rotatable bonds is 1. The first-order valence-corrected chi connectivity index (χ1v) is 3.27. The molecule has 0 atom stereocenters. The van der Waals surface area contributed by atoms with Crippen LogP contribution in [-0.2, 0) is 6.54 Å². The highest BCUT2D eigenvalue weighted by Gasteiger charge is 1.95. The molecule has 0 bridgehead atoms. The Morgan fingerprint density at radius 3 is 3.18 bits per heavy atom. The van der Waals surface area contributed by atoms with Crippen LogP contribution < -0.4 is 5.73 Å². The first-order valence-electron chi connectivity index (χ1n) is 3.27. The standard InChI is InChI=1S/C6H7N5/c7-3-5-1-2-6-8-9-10-11(6)4-5/h1-2,4H,3,7H2. The molecule has 0 saturated heterocycles. The van der Waals surface area contributed by atoms with Crippen molar-refractivity contribution >= 4 is 5.65 Å². The van der Waals surface area contributed by atoms with E-state index in [-0.39, 0.29) is 0 Å². The average Bonchev–Trinajstić information content (AvgIpc) is 2.50. The minimum atomic E-state index is 0.510. The third-order valence-electron chi connectivity index (χ3n) is 1.49. The van der Waals surface area contributed by atoms with Crippen LogP contribution >= 0.6 is 0 Å². The Labute approximate surface area is 62.8 Å². The van der Waals surface area contributed by atoms with Gasteiger partial charge in [0.2, 0.25) is 0 Å². The van der Waals surface area contributed by atoms with Crippen LogP contribution in [0, 0.1) is 0 Å². The number of fused-ring (bicyclic) bond motifs is 1. The summed E-state index contributed by atoms with van der Waals surface area (Å²) in [6.45, 7) is 0.510. The molecule has 5 nitrogen and oxygen atoms in total. The van der Waals surface area contributed by atoms with Crippen molar-refractivity contribution < 1.29 is 0 Å². The lowest BCUT2D eigenvalue weighted by Crippen LogP contribution is -1.98. The molecule has 2 aromatic rings. The van der Waals surface area contributed by atoms with Crippen molar-refractivity contribution in [2.75, 3.05) is 0 Å². The summed E-state index contributed by atoms with van der Waals surface area (Å²) >= 11 is 0. The Morgan fingerprint density at radius 1 is 1.45 bits per heavy atom. The van der Waals surface area contributed by atoms with E-state index in [9.17, 15) is 0 Å². The van der Waals surface area contributed by atoms with Crippen molar-refractivity contribution in [1.29, 1.82) is 0 Å². The molecule has 0 radical (unpaired) electrons. The molecule has 0 unspecified atom stereocenters. The molecule has 0 aliphatic carbocycles. The van der Waals surface area contributed by atoms with Gasteiger partial charge in [0.15, 0.2) is 5.65 Å². The van der Waals surface area contributed by atoms with Crippen LogP contribution in [0.5, 0.6) is 0 Å². The second kappa shape index (κ2) is 2.28. The third-order valence-corrected chi connectivity index (χ3v) is 1.49. The van der Waals surface area contributed by atoms with Gasteiger partial charge in [-0.15, -0.1) is 5.10 Å². The molecule has 0 fully saturated rings. The maximum absolute atomic E-state index is 5.43. The van der Waals surface area contributed by atoms with Crippen LogP contribution in [0.1, 0.15) is 5.56 Å². The summed E-state index contributed by atoms with van der Waals surface area (Å²) in [5, 5.41) is 11.0. The highest BCUT2D eigenvalue weighted by Crippen LogP contribution is 1.99. The summed E-state index contributed by atoms with van der Waals surface area (Å²) in [5.74, 6) is 0. The maximum atomic E-state index is 5.43. The van der Waals surface area contributed by atoms with E-state index < -0.39 is 0 Å². The molecule has 0 aromatic carbocycles. The van der Waals surface area contributed by atoms with Crippen molar-refractivity contribution in [1.82, 2.24) is 20.0 Å². The molecule has 0 spiro atoms. The van der Waals surface area contributed by atoms with E-state index >= 15 is 0 Å². The molecule has 0 saturated carbocycles. The highest BCUT2D eigenvalue weighted by atomic mass is 15.5. The molecule has 11 heavy (non-hydrogen) atoms. The highest BCUT2D eigenvalue weighted by molar-refractivity contribution is 5.35. The Kier molecular flexibility index (Phi) is 1.29. The van der Waals surface area contributed by atoms with Gasteiger partial charge in [0, 0.05) is 12.7 Å². The predicted molar refractivity (Wildman–Crippen MR) is 38.7 cm³/mol. The van der Waals surface area contributed by atoms with Gasteiger partial charge < -0.3 is 5.73 Å². The normalized spacial score (nSPS) is 10.6. The SMILES string of the molecule is NCc1ccc2nnnn2c1. The third kappa shape index (κ3) is 0.947. The molecule has 0 amide bonds. The second-order valence-electron chi connectivity index (χ2n) is 2.22. The Bertz CT molecular complexity index is 366. The van der Waals surface area contributed by atoms with Crippen molar-refractivity contribution in [3.05, 3.63) is 23.9 Å². The number of pyridine rings is 1. The Morgan fingerprint density at radius 2 is 2.36 bits per heavy atom. The lowest BCUT2D eigenvalue weighted by atomic mass is 10.3. The number of aromatic nitrogens is 4. The summed E-state index contributed by atoms with van der Waals surface area (Å²) < 4.78 is 1.60. The van der Waals surface area contributed by atoms with Gasteiger partial charge in [-0.2, -0.15) is 0 Å². The summed E-state index contributed by atoms with van der Waals surface area (Å²) in [6.07, 6.45) is 1.81. The molecule has 56 valence electrons. The molecular formula is C6H7N5. The first kappa shape index (κ1) is 6.23. The fourth-order valence-electron chi connectivity index (χ4n) is 0.905. The van der Waals surface area contributed by atoms with Gasteiger partial charge in [0.05, 0.1) is 0 Å². The van der Waals surface area contributed by atoms with Crippen LogP contribution in [0.3, 0.4) is 0 Å². The fraction of sp³-hybridized carbons (Fsp3) is 0.167. The molecule has 0 aliphatic heterocycles. The summed E-state index contributed by atoms with van der Waals surface area (Å²) in [7, 11) is 0. The van der Waals surface area contributed by atoms with Gasteiger partial charge in [-0.1, -0.05) is 6.07 Å². The van der Waals surface area contributed by atoms with E-state index in [0.717, 1.165) is 11.2 Å². The minimum Gasteiger partial charge on any atom is -0.326 e. The number of hydrogen-bond donors (Lipinski definition) is 1. The van der Waals surface area contributed by atoms with Crippen molar-refractivity contribution in [2.45, 2.75) is 6.54 Å². The average molecular weight is 149 g/mol. The molecule has 2 N–H and O–H groups in total. The van der Waals surface area contributed by atoms with E-state index in [2.05, 4.69) is 15.5 Å². The zero-order chi connectivity index (χ0) is 7.68. The van der Waals surface area contributed by atoms with Crippen LogP contribution in [-0.4, -0.2) is 20.0 Å². The van der Waals surface area contributed by atoms with Crippen LogP contribution in [0.2, 0.25) is 0 Å². The summed E-state index contributed by atoms with van der Waals surface area (Å²) in [6, 6.07) is 3.74. The molecule has 5 heteroatoms. The van der Waals surface area contributed by atoms with Crippen molar-refractivity contribution in [3.63, 3.8) is 0 Å². The molecule has 0 aliphatic rings. The van der Waals surface area contributed by atoms with Gasteiger partial charge in [-0.3, -0.25) is 0 Å². The van der Waals surface area contributed by atoms with Gasteiger partial charge in [-0.05, 0) is 22.1 Å². The van der Waals surface area contributed by atoms with Gasteiger partial charge in [0.25, 0.3) is 0 Å². The number of nitrogens with zero attached hydrogens (tertiary/aromatic N) is 4. The van der Waals surface area contributed by atoms with Crippen LogP contribution in [0.4, 0.5) is 0 Å². The van der Waals surface area contributed by atoms with Crippen LogP contribution in [0.15, 0.2) is 18.3 Å². The second-order valence-corrected chi connectivity index (χ2v) is 2.22. The first-order chi connectivity index (χ1) is 5.40. The maximum Gasteiger partial charge on any atom is 0.179 e. The van der Waals surface area contributed by atoms with Crippen LogP contribution in [0.25, 0.3) is 5.65 Å². The Balaban J connectivity index is 2.67. The van der Waals surface area contributed by atoms with E-state index in [1.54, 1.807) is 4.52 Å². The largest absolute Gasteiger partial charge is 0.326 e. The summed E-state index contributed by atoms with van der Waals surface area (Å²) in [5.41, 5.74) is 7.18. The van der Waals surface area contributed by atoms with E-state index in [4.69, 9.17) is 5.73 Å². The predicted octanol–water partition coefficient (Wildman–Crippen LogP) is -0.417. The fourth-order valence-corrected chi connectivity index (χ4v) is 0.905. The number of tetrazole rings is 1. The molecule has 2 heterocycles. The smallest absolute Gasteiger partial charge is 0.179 e. The zero-order valence-electron chi connectivity index (χ0n) is 5.81. The summed E-state index contributed by atoms with van der Waals surface area (Å²) in [4.78, 5) is 0. The lowest BCUT2D eigenvalue weighted by Gasteiger charge is -1.94. The monoisotopic (exact) mass is 149 g/mol. The number of hydrogen-bond acceptors (Lipinski definition) is 4. The lowest BCUT2D eigenvalue weighted by molar-refractivity contribution is 0.816. The van der Waals surface area contributed by atoms with Gasteiger partial charge in [0.1, 0.15) is 0 Å². The van der Waals surface area contributed by atoms with Gasteiger partial charge >= 0.3 is 0 Å². The van der Waals surface area contributed by atoms with E-state index in [1.165, 1.54) is 0 Å². The minimum absolute atomic E-state index is 0.510. The topological polar surface area (TPSA) is 69.1 Å². The quantitative estimate of drug-likeness (QED) is 0.598. The van der Waals surface area contributed by atoms with E-state index in [0.29, 0.717) is 6.54 Å². The number of nitrogens with two attached hydrogens (primary N) is 1. The van der Waals surface area contributed by atoms with E-state index in [1.807, 2.05) is 18.3 Å². The molecule has 2 rings (SSSR count). The molecular weight excluding hydrogens is 142 g/mol.